The fourth-order valence-corrected chi connectivity index (χ4v) is 3.65. The number of hydrogen-bond acceptors (Lipinski definition) is 2. The number of imidazole rings is 1. The highest BCUT2D eigenvalue weighted by atomic mass is 16.1. The summed E-state index contributed by atoms with van der Waals surface area (Å²) in [4.78, 5) is 17.0. The molecule has 2 aromatic heterocycles. The highest BCUT2D eigenvalue weighted by Crippen LogP contribution is 2.28. The third-order valence-corrected chi connectivity index (χ3v) is 4.93. The predicted octanol–water partition coefficient (Wildman–Crippen LogP) is 4.06. The van der Waals surface area contributed by atoms with Gasteiger partial charge in [-0.3, -0.25) is 4.79 Å². The third-order valence-electron chi connectivity index (χ3n) is 4.93. The van der Waals surface area contributed by atoms with Gasteiger partial charge in [0, 0.05) is 18.4 Å². The average Bonchev–Trinajstić information content (AvgIpc) is 2.99. The number of fused-ring (bicyclic) bond motifs is 1. The summed E-state index contributed by atoms with van der Waals surface area (Å²) in [7, 11) is 0. The summed E-state index contributed by atoms with van der Waals surface area (Å²) in [5, 5.41) is 3.14. The van der Waals surface area contributed by atoms with Crippen molar-refractivity contribution < 1.29 is 4.79 Å². The minimum Gasteiger partial charge on any atom is -0.353 e. The molecule has 26 heavy (non-hydrogen) atoms. The van der Waals surface area contributed by atoms with Crippen LogP contribution in [0, 0.1) is 6.92 Å². The van der Waals surface area contributed by atoms with E-state index in [0.717, 1.165) is 23.3 Å². The number of aromatic nitrogens is 2. The van der Waals surface area contributed by atoms with E-state index in [1.165, 1.54) is 5.56 Å². The number of carbonyl (C=O) groups is 1. The van der Waals surface area contributed by atoms with Gasteiger partial charge >= 0.3 is 0 Å². The Kier molecular flexibility index (Phi) is 5.12. The Morgan fingerprint density at radius 3 is 2.65 bits per heavy atom. The SMILES string of the molecule is Cc1cccn2c(CC(=O)N[C@@H](C)CC(C)(C)c3ccccc3)cnc12. The van der Waals surface area contributed by atoms with Crippen molar-refractivity contribution in [2.24, 2.45) is 0 Å². The monoisotopic (exact) mass is 349 g/mol. The smallest absolute Gasteiger partial charge is 0.226 e. The highest BCUT2D eigenvalue weighted by Gasteiger charge is 2.24. The van der Waals surface area contributed by atoms with Crippen molar-refractivity contribution in [3.63, 3.8) is 0 Å². The van der Waals surface area contributed by atoms with E-state index in [4.69, 9.17) is 0 Å². The number of benzene rings is 1. The first-order valence-electron chi connectivity index (χ1n) is 9.13. The maximum absolute atomic E-state index is 12.5. The number of amides is 1. The molecule has 3 rings (SSSR count). The lowest BCUT2D eigenvalue weighted by molar-refractivity contribution is -0.121. The minimum atomic E-state index is 0.00831. The lowest BCUT2D eigenvalue weighted by Gasteiger charge is -2.29. The second-order valence-electron chi connectivity index (χ2n) is 7.73. The summed E-state index contributed by atoms with van der Waals surface area (Å²) in [6.07, 6.45) is 4.97. The van der Waals surface area contributed by atoms with Crippen molar-refractivity contribution in [2.45, 2.75) is 52.0 Å². The molecule has 0 aliphatic heterocycles. The Morgan fingerprint density at radius 1 is 1.19 bits per heavy atom. The maximum atomic E-state index is 12.5. The number of nitrogens with one attached hydrogen (secondary N) is 1. The van der Waals surface area contributed by atoms with Crippen molar-refractivity contribution in [1.82, 2.24) is 14.7 Å². The van der Waals surface area contributed by atoms with Gasteiger partial charge in [-0.15, -0.1) is 0 Å². The molecule has 0 fully saturated rings. The summed E-state index contributed by atoms with van der Waals surface area (Å²) in [6.45, 7) is 8.54. The molecule has 0 spiro atoms. The van der Waals surface area contributed by atoms with Crippen LogP contribution in [0.5, 0.6) is 0 Å². The Balaban J connectivity index is 1.63. The van der Waals surface area contributed by atoms with Crippen LogP contribution in [0.2, 0.25) is 0 Å². The number of aryl methyl sites for hydroxylation is 1. The molecule has 1 aromatic carbocycles. The van der Waals surface area contributed by atoms with Gasteiger partial charge < -0.3 is 9.72 Å². The molecule has 0 aliphatic rings. The fourth-order valence-electron chi connectivity index (χ4n) is 3.65. The first kappa shape index (κ1) is 18.2. The summed E-state index contributed by atoms with van der Waals surface area (Å²) >= 11 is 0. The van der Waals surface area contributed by atoms with Gasteiger partial charge in [-0.25, -0.2) is 4.98 Å². The van der Waals surface area contributed by atoms with Gasteiger partial charge in [0.05, 0.1) is 12.1 Å². The van der Waals surface area contributed by atoms with E-state index >= 15 is 0 Å². The molecule has 1 amide bonds. The van der Waals surface area contributed by atoms with Crippen LogP contribution < -0.4 is 5.32 Å². The zero-order valence-corrected chi connectivity index (χ0v) is 16.0. The molecule has 1 N–H and O–H groups in total. The first-order valence-corrected chi connectivity index (χ1v) is 9.13. The Bertz CT molecular complexity index is 896. The maximum Gasteiger partial charge on any atom is 0.226 e. The molecule has 0 saturated carbocycles. The molecule has 0 unspecified atom stereocenters. The topological polar surface area (TPSA) is 46.4 Å². The van der Waals surface area contributed by atoms with Gasteiger partial charge in [-0.1, -0.05) is 50.2 Å². The van der Waals surface area contributed by atoms with Crippen molar-refractivity contribution in [1.29, 1.82) is 0 Å². The van der Waals surface area contributed by atoms with E-state index in [1.807, 2.05) is 35.7 Å². The molecular weight excluding hydrogens is 322 g/mol. The Hall–Kier alpha value is -2.62. The molecule has 136 valence electrons. The number of rotatable bonds is 6. The van der Waals surface area contributed by atoms with Gasteiger partial charge in [-0.05, 0) is 42.9 Å². The lowest BCUT2D eigenvalue weighted by Crippen LogP contribution is -2.38. The fraction of sp³-hybridized carbons (Fsp3) is 0.364. The van der Waals surface area contributed by atoms with Crippen LogP contribution >= 0.6 is 0 Å². The number of nitrogens with zero attached hydrogens (tertiary/aromatic N) is 2. The largest absolute Gasteiger partial charge is 0.353 e. The molecular formula is C22H27N3O. The van der Waals surface area contributed by atoms with Gasteiger partial charge in [-0.2, -0.15) is 0 Å². The molecule has 4 nitrogen and oxygen atoms in total. The number of hydrogen-bond donors (Lipinski definition) is 1. The number of carbonyl (C=O) groups excluding carboxylic acids is 1. The predicted molar refractivity (Wildman–Crippen MR) is 105 cm³/mol. The molecule has 3 aromatic rings. The summed E-state index contributed by atoms with van der Waals surface area (Å²) < 4.78 is 1.99. The van der Waals surface area contributed by atoms with Crippen LogP contribution in [0.3, 0.4) is 0 Å². The first-order chi connectivity index (χ1) is 12.4. The van der Waals surface area contributed by atoms with Gasteiger partial charge in [0.15, 0.2) is 0 Å². The standard InChI is InChI=1S/C22H27N3O/c1-16-9-8-12-25-19(15-23-21(16)25)13-20(26)24-17(2)14-22(3,4)18-10-6-5-7-11-18/h5-12,15,17H,13-14H2,1-4H3,(H,24,26)/t17-/m0/s1. The van der Waals surface area contributed by atoms with Crippen LogP contribution in [-0.4, -0.2) is 21.3 Å². The second kappa shape index (κ2) is 7.32. The van der Waals surface area contributed by atoms with Gasteiger partial charge in [0.2, 0.25) is 5.91 Å². The molecule has 4 heteroatoms. The quantitative estimate of drug-likeness (QED) is 0.729. The van der Waals surface area contributed by atoms with E-state index in [1.54, 1.807) is 6.20 Å². The molecule has 0 saturated heterocycles. The third kappa shape index (κ3) is 3.96. The Labute approximate surface area is 155 Å². The summed E-state index contributed by atoms with van der Waals surface area (Å²) in [6, 6.07) is 14.6. The Morgan fingerprint density at radius 2 is 1.92 bits per heavy atom. The minimum absolute atomic E-state index is 0.00831. The van der Waals surface area contributed by atoms with Crippen LogP contribution in [0.4, 0.5) is 0 Å². The molecule has 0 radical (unpaired) electrons. The highest BCUT2D eigenvalue weighted by molar-refractivity contribution is 5.78. The van der Waals surface area contributed by atoms with Crippen LogP contribution in [0.25, 0.3) is 5.65 Å². The van der Waals surface area contributed by atoms with Crippen LogP contribution in [0.15, 0.2) is 54.9 Å². The summed E-state index contributed by atoms with van der Waals surface area (Å²) in [5.41, 5.74) is 4.23. The van der Waals surface area contributed by atoms with E-state index < -0.39 is 0 Å². The van der Waals surface area contributed by atoms with Crippen molar-refractivity contribution in [3.05, 3.63) is 71.7 Å². The summed E-state index contributed by atoms with van der Waals surface area (Å²) in [5.74, 6) is 0.0321. The average molecular weight is 349 g/mol. The second-order valence-corrected chi connectivity index (χ2v) is 7.73. The molecule has 0 bridgehead atoms. The van der Waals surface area contributed by atoms with Gasteiger partial charge in [0.1, 0.15) is 5.65 Å². The lowest BCUT2D eigenvalue weighted by atomic mass is 9.79. The molecule has 1 atom stereocenters. The van der Waals surface area contributed by atoms with Crippen molar-refractivity contribution in [3.8, 4) is 0 Å². The van der Waals surface area contributed by atoms with E-state index in [9.17, 15) is 4.79 Å². The van der Waals surface area contributed by atoms with Gasteiger partial charge in [0.25, 0.3) is 0 Å². The molecule has 0 aliphatic carbocycles. The van der Waals surface area contributed by atoms with Crippen LogP contribution in [-0.2, 0) is 16.6 Å². The zero-order valence-electron chi connectivity index (χ0n) is 16.0. The van der Waals surface area contributed by atoms with Crippen LogP contribution in [0.1, 0.15) is 44.0 Å². The van der Waals surface area contributed by atoms with E-state index in [-0.39, 0.29) is 17.4 Å². The zero-order chi connectivity index (χ0) is 18.7. The number of pyridine rings is 1. The normalized spacial score (nSPS) is 12.9. The van der Waals surface area contributed by atoms with Crippen molar-refractivity contribution in [2.75, 3.05) is 0 Å². The van der Waals surface area contributed by atoms with E-state index in [2.05, 4.69) is 55.3 Å². The van der Waals surface area contributed by atoms with Crippen molar-refractivity contribution >= 4 is 11.6 Å². The molecule has 2 heterocycles. The van der Waals surface area contributed by atoms with E-state index in [0.29, 0.717) is 6.42 Å².